The molecule has 1 fully saturated rings. The lowest BCUT2D eigenvalue weighted by atomic mass is 9.89. The Morgan fingerprint density at radius 3 is 2.53 bits per heavy atom. The van der Waals surface area contributed by atoms with Crippen LogP contribution in [0.3, 0.4) is 0 Å². The first-order valence-corrected chi connectivity index (χ1v) is 10.7. The van der Waals surface area contributed by atoms with Crippen molar-refractivity contribution < 1.29 is 22.4 Å². The first kappa shape index (κ1) is 23.5. The molecular weight excluding hydrogens is 452 g/mol. The molecule has 0 aliphatic carbocycles. The van der Waals surface area contributed by atoms with Crippen molar-refractivity contribution in [2.75, 3.05) is 18.4 Å². The third kappa shape index (κ3) is 5.13. The van der Waals surface area contributed by atoms with Gasteiger partial charge in [0.05, 0.1) is 17.2 Å². The zero-order chi connectivity index (χ0) is 24.3. The van der Waals surface area contributed by atoms with Crippen molar-refractivity contribution in [2.24, 2.45) is 5.92 Å². The number of rotatable bonds is 5. The molecule has 1 N–H and O–H groups in total. The van der Waals surface area contributed by atoms with Crippen molar-refractivity contribution in [2.45, 2.75) is 32.0 Å². The number of nitrogens with zero attached hydrogens (tertiary/aromatic N) is 5. The molecule has 0 bridgehead atoms. The Morgan fingerprint density at radius 1 is 1.15 bits per heavy atom. The molecule has 34 heavy (non-hydrogen) atoms. The van der Waals surface area contributed by atoms with Crippen LogP contribution in [-0.4, -0.2) is 49.9 Å². The summed E-state index contributed by atoms with van der Waals surface area (Å²) in [6.45, 7) is 2.73. The van der Waals surface area contributed by atoms with Crippen LogP contribution in [0.15, 0.2) is 49.1 Å². The van der Waals surface area contributed by atoms with Gasteiger partial charge in [0.25, 0.3) is 5.91 Å². The number of amides is 1. The van der Waals surface area contributed by atoms with Crippen LogP contribution >= 0.6 is 0 Å². The molecule has 0 radical (unpaired) electrons. The van der Waals surface area contributed by atoms with Gasteiger partial charge in [-0.05, 0) is 43.0 Å². The van der Waals surface area contributed by atoms with Crippen molar-refractivity contribution in [3.63, 3.8) is 0 Å². The average Bonchev–Trinajstić information content (AvgIpc) is 2.83. The normalized spacial score (nSPS) is 18.6. The van der Waals surface area contributed by atoms with Gasteiger partial charge in [0.15, 0.2) is 5.82 Å². The molecule has 2 aromatic heterocycles. The monoisotopic (exact) mass is 474 g/mol. The van der Waals surface area contributed by atoms with Gasteiger partial charge in [0.2, 0.25) is 5.95 Å². The predicted molar refractivity (Wildman–Crippen MR) is 116 cm³/mol. The van der Waals surface area contributed by atoms with E-state index in [2.05, 4.69) is 25.3 Å². The Labute approximate surface area is 193 Å². The standard InChI is InChI=1S/C23H22F4N6O/c1-14-4-2-9-33(19(14)13-32-22-30-11-15(12-31-22)23(25,26)27)21(34)17-6-5-16(24)10-18(17)20-28-7-3-8-29-20/h3,5-8,10-12,14,19H,2,4,9,13H2,1H3,(H,30,31,32)/t14-,19?/m1/s1. The van der Waals surface area contributed by atoms with Crippen LogP contribution in [-0.2, 0) is 6.18 Å². The SMILES string of the molecule is C[C@@H]1CCCN(C(=O)c2ccc(F)cc2-c2ncccn2)C1CNc1ncc(C(F)(F)F)cn1. The maximum atomic E-state index is 14.0. The summed E-state index contributed by atoms with van der Waals surface area (Å²) in [5, 5.41) is 2.95. The Hall–Kier alpha value is -3.63. The van der Waals surface area contributed by atoms with Gasteiger partial charge in [-0.3, -0.25) is 4.79 Å². The summed E-state index contributed by atoms with van der Waals surface area (Å²) >= 11 is 0. The number of likely N-dealkylation sites (tertiary alicyclic amines) is 1. The summed E-state index contributed by atoms with van der Waals surface area (Å²) in [7, 11) is 0. The number of piperidine rings is 1. The topological polar surface area (TPSA) is 83.9 Å². The molecule has 0 spiro atoms. The number of aromatic nitrogens is 4. The van der Waals surface area contributed by atoms with Gasteiger partial charge in [-0.25, -0.2) is 24.3 Å². The van der Waals surface area contributed by atoms with Crippen LogP contribution in [0, 0.1) is 11.7 Å². The summed E-state index contributed by atoms with van der Waals surface area (Å²) in [5.41, 5.74) is -0.369. The van der Waals surface area contributed by atoms with Crippen LogP contribution in [0.2, 0.25) is 0 Å². The molecule has 178 valence electrons. The van der Waals surface area contributed by atoms with E-state index >= 15 is 0 Å². The first-order valence-electron chi connectivity index (χ1n) is 10.7. The maximum Gasteiger partial charge on any atom is 0.419 e. The maximum absolute atomic E-state index is 14.0. The highest BCUT2D eigenvalue weighted by Crippen LogP contribution is 2.30. The Bertz CT molecular complexity index is 1140. The molecule has 1 aromatic carbocycles. The van der Waals surface area contributed by atoms with Gasteiger partial charge in [-0.2, -0.15) is 13.2 Å². The number of carbonyl (C=O) groups excluding carboxylic acids is 1. The van der Waals surface area contributed by atoms with Crippen LogP contribution in [0.25, 0.3) is 11.4 Å². The third-order valence-corrected chi connectivity index (χ3v) is 5.84. The van der Waals surface area contributed by atoms with Crippen molar-refractivity contribution in [1.82, 2.24) is 24.8 Å². The second kappa shape index (κ2) is 9.70. The largest absolute Gasteiger partial charge is 0.419 e. The van der Waals surface area contributed by atoms with E-state index in [1.54, 1.807) is 11.0 Å². The summed E-state index contributed by atoms with van der Waals surface area (Å²) in [4.78, 5) is 31.1. The zero-order valence-corrected chi connectivity index (χ0v) is 18.3. The Kier molecular flexibility index (Phi) is 6.71. The third-order valence-electron chi connectivity index (χ3n) is 5.84. The minimum Gasteiger partial charge on any atom is -0.352 e. The highest BCUT2D eigenvalue weighted by Gasteiger charge is 2.34. The lowest BCUT2D eigenvalue weighted by Gasteiger charge is -2.40. The highest BCUT2D eigenvalue weighted by atomic mass is 19.4. The van der Waals surface area contributed by atoms with E-state index in [1.165, 1.54) is 30.6 Å². The fraction of sp³-hybridized carbons (Fsp3) is 0.348. The Morgan fingerprint density at radius 2 is 1.85 bits per heavy atom. The lowest BCUT2D eigenvalue weighted by Crippen LogP contribution is -2.51. The van der Waals surface area contributed by atoms with Gasteiger partial charge in [-0.1, -0.05) is 6.92 Å². The van der Waals surface area contributed by atoms with E-state index < -0.39 is 17.6 Å². The molecule has 7 nitrogen and oxygen atoms in total. The van der Waals surface area contributed by atoms with E-state index in [9.17, 15) is 22.4 Å². The van der Waals surface area contributed by atoms with Crippen molar-refractivity contribution >= 4 is 11.9 Å². The quantitative estimate of drug-likeness (QED) is 0.551. The molecule has 3 aromatic rings. The van der Waals surface area contributed by atoms with E-state index in [-0.39, 0.29) is 41.7 Å². The number of anilines is 1. The van der Waals surface area contributed by atoms with E-state index in [0.717, 1.165) is 12.8 Å². The van der Waals surface area contributed by atoms with Gasteiger partial charge in [0.1, 0.15) is 5.82 Å². The summed E-state index contributed by atoms with van der Waals surface area (Å²) in [6.07, 6.45) is 1.61. The smallest absolute Gasteiger partial charge is 0.352 e. The number of carbonyl (C=O) groups is 1. The lowest BCUT2D eigenvalue weighted by molar-refractivity contribution is -0.138. The fourth-order valence-corrected chi connectivity index (χ4v) is 4.05. The number of halogens is 4. The van der Waals surface area contributed by atoms with Gasteiger partial charge in [0, 0.05) is 43.4 Å². The zero-order valence-electron chi connectivity index (χ0n) is 18.3. The molecular formula is C23H22F4N6O. The van der Waals surface area contributed by atoms with Crippen LogP contribution in [0.5, 0.6) is 0 Å². The fourth-order valence-electron chi connectivity index (χ4n) is 4.05. The molecule has 3 heterocycles. The summed E-state index contributed by atoms with van der Waals surface area (Å²) in [6, 6.07) is 5.23. The van der Waals surface area contributed by atoms with Crippen LogP contribution in [0.4, 0.5) is 23.5 Å². The molecule has 0 saturated carbocycles. The summed E-state index contributed by atoms with van der Waals surface area (Å²) in [5.74, 6) is -0.420. The number of hydrogen-bond acceptors (Lipinski definition) is 6. The number of benzene rings is 1. The molecule has 2 atom stereocenters. The van der Waals surface area contributed by atoms with Crippen LogP contribution in [0.1, 0.15) is 35.7 Å². The van der Waals surface area contributed by atoms with Crippen LogP contribution < -0.4 is 5.32 Å². The second-order valence-electron chi connectivity index (χ2n) is 8.12. The molecule has 11 heteroatoms. The number of hydrogen-bond donors (Lipinski definition) is 1. The molecule has 1 unspecified atom stereocenters. The highest BCUT2D eigenvalue weighted by molar-refractivity contribution is 6.00. The molecule has 4 rings (SSSR count). The van der Waals surface area contributed by atoms with Crippen molar-refractivity contribution in [1.29, 1.82) is 0 Å². The molecule has 1 aliphatic rings. The van der Waals surface area contributed by atoms with Gasteiger partial charge in [-0.15, -0.1) is 0 Å². The predicted octanol–water partition coefficient (Wildman–Crippen LogP) is 4.44. The number of alkyl halides is 3. The van der Waals surface area contributed by atoms with E-state index in [1.807, 2.05) is 6.92 Å². The minimum atomic E-state index is -4.52. The first-order chi connectivity index (χ1) is 16.2. The summed E-state index contributed by atoms with van der Waals surface area (Å²) < 4.78 is 52.3. The van der Waals surface area contributed by atoms with Gasteiger partial charge >= 0.3 is 6.18 Å². The van der Waals surface area contributed by atoms with Crippen molar-refractivity contribution in [3.8, 4) is 11.4 Å². The average molecular weight is 474 g/mol. The minimum absolute atomic E-state index is 0.0401. The van der Waals surface area contributed by atoms with Crippen molar-refractivity contribution in [3.05, 3.63) is 66.0 Å². The van der Waals surface area contributed by atoms with Gasteiger partial charge < -0.3 is 10.2 Å². The molecule has 1 amide bonds. The molecule has 1 aliphatic heterocycles. The second-order valence-corrected chi connectivity index (χ2v) is 8.12. The number of nitrogens with one attached hydrogen (secondary N) is 1. The molecule has 1 saturated heterocycles. The Balaban J connectivity index is 1.56. The van der Waals surface area contributed by atoms with E-state index in [0.29, 0.717) is 24.5 Å². The van der Waals surface area contributed by atoms with E-state index in [4.69, 9.17) is 0 Å².